The van der Waals surface area contributed by atoms with Crippen LogP contribution in [0.25, 0.3) is 0 Å². The van der Waals surface area contributed by atoms with E-state index in [1.165, 1.54) is 13.8 Å². The molecule has 368 valence electrons. The van der Waals surface area contributed by atoms with Crippen LogP contribution in [0.3, 0.4) is 0 Å². The summed E-state index contributed by atoms with van der Waals surface area (Å²) in [5.41, 5.74) is 1.50. The second-order valence-electron chi connectivity index (χ2n) is 18.3. The standard InChI is InChI=1S/C46H82O17/c1-13-22(2)14-23(3)15-29(9)44(63-46-43(58)42(57)41(56)35(62-46)21-60-32(12)48)30(10)18-27(7)37(52)25(5)16-24(4)36(51)26(6)17-28(8)38(53)31(11)45(59)61-20-34(50)40(55)39(54)33(49)19-47/h16-18,22-23,25-26,29-31,33-44,46-47,49-58H,13-15,19-21H2,1-12H3/b24-16+,27-18+,28-17+/t22-,23-,25-,26-,29-,30-,31+,33+,34+,35+,36+,37-,38+,39+,40+,41+,42-,43-,44+,46-/m0/s1. The van der Waals surface area contributed by atoms with Gasteiger partial charge in [-0.15, -0.1) is 0 Å². The zero-order valence-corrected chi connectivity index (χ0v) is 39.4. The molecule has 1 saturated heterocycles. The van der Waals surface area contributed by atoms with Crippen molar-refractivity contribution in [1.29, 1.82) is 0 Å². The van der Waals surface area contributed by atoms with Gasteiger partial charge in [-0.2, -0.15) is 0 Å². The zero-order valence-electron chi connectivity index (χ0n) is 39.4. The molecule has 0 aromatic carbocycles. The van der Waals surface area contributed by atoms with Crippen LogP contribution in [0, 0.1) is 41.4 Å². The van der Waals surface area contributed by atoms with Gasteiger partial charge < -0.3 is 75.1 Å². The Bertz CT molecular complexity index is 1450. The van der Waals surface area contributed by atoms with Crippen LogP contribution in [0.2, 0.25) is 0 Å². The first kappa shape index (κ1) is 58.7. The summed E-state index contributed by atoms with van der Waals surface area (Å²) in [5.74, 6) is -3.27. The van der Waals surface area contributed by atoms with Gasteiger partial charge in [-0.25, -0.2) is 0 Å². The van der Waals surface area contributed by atoms with Crippen LogP contribution in [0.5, 0.6) is 0 Å². The van der Waals surface area contributed by atoms with E-state index in [2.05, 4.69) is 20.8 Å². The lowest BCUT2D eigenvalue weighted by atomic mass is 9.82. The van der Waals surface area contributed by atoms with Gasteiger partial charge in [-0.05, 0) is 75.0 Å². The number of carbonyl (C=O) groups is 2. The maximum atomic E-state index is 12.7. The molecule has 0 aromatic rings. The Morgan fingerprint density at radius 1 is 0.635 bits per heavy atom. The molecule has 0 amide bonds. The molecule has 17 nitrogen and oxygen atoms in total. The highest BCUT2D eigenvalue weighted by Gasteiger charge is 2.46. The Morgan fingerprint density at radius 3 is 1.62 bits per heavy atom. The lowest BCUT2D eigenvalue weighted by Crippen LogP contribution is -2.60. The molecule has 0 aromatic heterocycles. The van der Waals surface area contributed by atoms with Gasteiger partial charge in [0.2, 0.25) is 0 Å². The summed E-state index contributed by atoms with van der Waals surface area (Å²) < 4.78 is 22.4. The van der Waals surface area contributed by atoms with Gasteiger partial charge in [0, 0.05) is 24.7 Å². The Hall–Kier alpha value is -2.36. The predicted molar refractivity (Wildman–Crippen MR) is 233 cm³/mol. The van der Waals surface area contributed by atoms with Crippen molar-refractivity contribution in [1.82, 2.24) is 0 Å². The molecular weight excluding hydrogens is 824 g/mol. The zero-order chi connectivity index (χ0) is 48.6. The number of carbonyl (C=O) groups excluding carboxylic acids is 2. The van der Waals surface area contributed by atoms with Crippen molar-refractivity contribution in [3.8, 4) is 0 Å². The summed E-state index contributed by atoms with van der Waals surface area (Å²) in [4.78, 5) is 24.1. The van der Waals surface area contributed by atoms with Gasteiger partial charge in [0.15, 0.2) is 6.29 Å². The lowest BCUT2D eigenvalue weighted by Gasteiger charge is -2.43. The van der Waals surface area contributed by atoms with Crippen molar-refractivity contribution in [2.75, 3.05) is 19.8 Å². The second kappa shape index (κ2) is 28.0. The maximum Gasteiger partial charge on any atom is 0.311 e. The normalized spacial score (nSPS) is 27.6. The molecule has 1 aliphatic heterocycles. The first-order chi connectivity index (χ1) is 29.2. The minimum atomic E-state index is -1.92. The highest BCUT2D eigenvalue weighted by molar-refractivity contribution is 5.73. The van der Waals surface area contributed by atoms with E-state index < -0.39 is 122 Å². The van der Waals surface area contributed by atoms with Gasteiger partial charge in [0.25, 0.3) is 0 Å². The van der Waals surface area contributed by atoms with E-state index in [0.717, 1.165) is 19.3 Å². The van der Waals surface area contributed by atoms with Gasteiger partial charge in [0.1, 0.15) is 62.0 Å². The maximum absolute atomic E-state index is 12.7. The van der Waals surface area contributed by atoms with Crippen LogP contribution >= 0.6 is 0 Å². The van der Waals surface area contributed by atoms with Crippen LogP contribution < -0.4 is 0 Å². The minimum Gasteiger partial charge on any atom is -0.463 e. The smallest absolute Gasteiger partial charge is 0.311 e. The van der Waals surface area contributed by atoms with Crippen LogP contribution in [0.4, 0.5) is 0 Å². The number of aliphatic hydroxyl groups excluding tert-OH is 11. The summed E-state index contributed by atoms with van der Waals surface area (Å²) in [6.07, 6.45) is -10.5. The molecule has 0 aliphatic carbocycles. The van der Waals surface area contributed by atoms with Crippen molar-refractivity contribution in [2.24, 2.45) is 41.4 Å². The van der Waals surface area contributed by atoms with E-state index in [9.17, 15) is 60.7 Å². The largest absolute Gasteiger partial charge is 0.463 e. The molecule has 0 unspecified atom stereocenters. The Balaban J connectivity index is 3.18. The summed E-state index contributed by atoms with van der Waals surface area (Å²) in [5, 5.41) is 114. The fourth-order valence-corrected chi connectivity index (χ4v) is 8.15. The highest BCUT2D eigenvalue weighted by Crippen LogP contribution is 2.33. The van der Waals surface area contributed by atoms with Gasteiger partial charge in [-0.3, -0.25) is 9.59 Å². The number of hydrogen-bond acceptors (Lipinski definition) is 17. The molecule has 11 N–H and O–H groups in total. The molecule has 20 atom stereocenters. The number of rotatable bonds is 27. The average molecular weight is 907 g/mol. The van der Waals surface area contributed by atoms with Crippen molar-refractivity contribution >= 4 is 11.9 Å². The van der Waals surface area contributed by atoms with Crippen LogP contribution in [-0.2, 0) is 28.5 Å². The number of hydrogen-bond donors (Lipinski definition) is 11. The molecule has 1 aliphatic rings. The number of esters is 2. The van der Waals surface area contributed by atoms with Crippen molar-refractivity contribution in [3.63, 3.8) is 0 Å². The van der Waals surface area contributed by atoms with Gasteiger partial charge in [-0.1, -0.05) is 73.1 Å². The summed E-state index contributed by atoms with van der Waals surface area (Å²) in [7, 11) is 0. The number of aliphatic hydroxyl groups is 11. The average Bonchev–Trinajstić information content (AvgIpc) is 3.23. The van der Waals surface area contributed by atoms with E-state index in [0.29, 0.717) is 28.6 Å². The number of ether oxygens (including phenoxy) is 4. The fourth-order valence-electron chi connectivity index (χ4n) is 8.15. The molecule has 1 rings (SSSR count). The van der Waals surface area contributed by atoms with Crippen LogP contribution in [0.1, 0.15) is 102 Å². The van der Waals surface area contributed by atoms with Gasteiger partial charge in [0.05, 0.1) is 36.9 Å². The Morgan fingerprint density at radius 2 is 1.13 bits per heavy atom. The van der Waals surface area contributed by atoms with Crippen molar-refractivity contribution < 1.29 is 84.7 Å². The first-order valence-corrected chi connectivity index (χ1v) is 22.3. The Kier molecular flexibility index (Phi) is 26.0. The fraction of sp³-hybridized carbons (Fsp3) is 0.826. The topological polar surface area (TPSA) is 294 Å². The molecule has 63 heavy (non-hydrogen) atoms. The monoisotopic (exact) mass is 907 g/mol. The van der Waals surface area contributed by atoms with Crippen molar-refractivity contribution in [2.45, 2.75) is 182 Å². The van der Waals surface area contributed by atoms with Crippen molar-refractivity contribution in [3.05, 3.63) is 34.9 Å². The lowest BCUT2D eigenvalue weighted by molar-refractivity contribution is -0.317. The third kappa shape index (κ3) is 18.4. The van der Waals surface area contributed by atoms with E-state index >= 15 is 0 Å². The third-order valence-electron chi connectivity index (χ3n) is 12.3. The van der Waals surface area contributed by atoms with E-state index in [1.54, 1.807) is 46.8 Å². The molecular formula is C46H82O17. The Labute approximate surface area is 374 Å². The third-order valence-corrected chi connectivity index (χ3v) is 12.3. The van der Waals surface area contributed by atoms with Crippen LogP contribution in [0.15, 0.2) is 34.9 Å². The first-order valence-electron chi connectivity index (χ1n) is 22.3. The summed E-state index contributed by atoms with van der Waals surface area (Å²) in [6, 6.07) is 0. The second-order valence-corrected chi connectivity index (χ2v) is 18.3. The van der Waals surface area contributed by atoms with Crippen LogP contribution in [-0.4, -0.2) is 167 Å². The van der Waals surface area contributed by atoms with E-state index in [-0.39, 0.29) is 18.4 Å². The predicted octanol–water partition coefficient (Wildman–Crippen LogP) is 1.29. The SMILES string of the molecule is CC[C@H](C)C[C@H](C)C[C@H](C)[C@@H](O[C@@H]1O[C@H](COC(C)=O)[C@@H](O)[C@H](O)[C@@H]1O)[C@@H](C)/C=C(\C)[C@@H](O)[C@@H](C)/C=C(\C)[C@@H](O)[C@@H](C)/C=C(\C)[C@@H](O)[C@@H](C)C(=O)OC[C@@H](O)[C@@H](O)[C@H](O)[C@H](O)CO. The quantitative estimate of drug-likeness (QED) is 0.0409. The molecule has 0 spiro atoms. The van der Waals surface area contributed by atoms with Gasteiger partial charge >= 0.3 is 11.9 Å². The summed E-state index contributed by atoms with van der Waals surface area (Å²) >= 11 is 0. The summed E-state index contributed by atoms with van der Waals surface area (Å²) in [6.45, 7) is 19.7. The molecule has 1 fully saturated rings. The minimum absolute atomic E-state index is 0.0904. The highest BCUT2D eigenvalue weighted by atomic mass is 16.7. The molecule has 1 heterocycles. The van der Waals surface area contributed by atoms with E-state index in [4.69, 9.17) is 24.1 Å². The van der Waals surface area contributed by atoms with E-state index in [1.807, 2.05) is 19.9 Å². The molecule has 0 bridgehead atoms. The molecule has 0 radical (unpaired) electrons. The molecule has 17 heteroatoms. The molecule has 0 saturated carbocycles.